The lowest BCUT2D eigenvalue weighted by molar-refractivity contribution is -0.198. The lowest BCUT2D eigenvalue weighted by atomic mass is 9.84. The predicted octanol–water partition coefficient (Wildman–Crippen LogP) is 3.62. The average molecular weight is 473 g/mol. The maximum absolute atomic E-state index is 13.0. The van der Waals surface area contributed by atoms with E-state index in [9.17, 15) is 14.4 Å². The Bertz CT molecular complexity index is 941. The van der Waals surface area contributed by atoms with E-state index >= 15 is 0 Å². The van der Waals surface area contributed by atoms with Crippen molar-refractivity contribution in [2.24, 2.45) is 0 Å². The molecule has 1 aromatic rings. The Morgan fingerprint density at radius 1 is 1.24 bits per heavy atom. The lowest BCUT2D eigenvalue weighted by Gasteiger charge is -2.37. The summed E-state index contributed by atoms with van der Waals surface area (Å²) in [5.41, 5.74) is 2.99. The maximum atomic E-state index is 13.0. The molecule has 2 atom stereocenters. The molecule has 3 aliphatic rings. The second-order valence-electron chi connectivity index (χ2n) is 8.89. The molecule has 2 unspecified atom stereocenters. The number of nitrogens with zero attached hydrogens (tertiary/aromatic N) is 1. The molecule has 1 spiro atoms. The van der Waals surface area contributed by atoms with E-state index in [0.717, 1.165) is 25.7 Å². The largest absolute Gasteiger partial charge is 0.486 e. The first kappa shape index (κ1) is 24.2. The molecule has 2 saturated heterocycles. The van der Waals surface area contributed by atoms with Crippen LogP contribution in [0.1, 0.15) is 67.8 Å². The van der Waals surface area contributed by atoms with E-state index in [1.165, 1.54) is 6.08 Å². The summed E-state index contributed by atoms with van der Waals surface area (Å²) in [6.07, 6.45) is 7.28. The third-order valence-electron chi connectivity index (χ3n) is 6.39. The number of nitrogens with one attached hydrogen (secondary N) is 1. The third-order valence-corrected chi connectivity index (χ3v) is 6.39. The number of ether oxygens (including phenoxy) is 3. The van der Waals surface area contributed by atoms with Crippen molar-refractivity contribution in [3.63, 3.8) is 0 Å². The summed E-state index contributed by atoms with van der Waals surface area (Å²) in [5.74, 6) is 0.140. The van der Waals surface area contributed by atoms with Crippen LogP contribution in [0.3, 0.4) is 0 Å². The first-order valence-electron chi connectivity index (χ1n) is 12.0. The van der Waals surface area contributed by atoms with Gasteiger partial charge in [-0.2, -0.15) is 0 Å². The van der Waals surface area contributed by atoms with Gasteiger partial charge in [-0.3, -0.25) is 9.59 Å². The van der Waals surface area contributed by atoms with Crippen molar-refractivity contribution >= 4 is 23.9 Å². The Balaban J connectivity index is 1.36. The molecule has 9 nitrogen and oxygen atoms in total. The molecule has 0 saturated carbocycles. The van der Waals surface area contributed by atoms with E-state index in [0.29, 0.717) is 56.0 Å². The van der Waals surface area contributed by atoms with Crippen molar-refractivity contribution in [2.45, 2.75) is 63.8 Å². The van der Waals surface area contributed by atoms with Crippen molar-refractivity contribution in [3.8, 4) is 5.75 Å². The molecule has 2 fully saturated rings. The van der Waals surface area contributed by atoms with E-state index in [-0.39, 0.29) is 18.3 Å². The minimum absolute atomic E-state index is 0.00307. The lowest BCUT2D eigenvalue weighted by Crippen LogP contribution is -2.43. The van der Waals surface area contributed by atoms with E-state index in [1.54, 1.807) is 30.0 Å². The molecule has 0 radical (unpaired) electrons. The molecule has 1 N–H and O–H groups in total. The van der Waals surface area contributed by atoms with Gasteiger partial charge in [0.2, 0.25) is 0 Å². The van der Waals surface area contributed by atoms with Crippen molar-refractivity contribution in [2.75, 3.05) is 26.3 Å². The Morgan fingerprint density at radius 2 is 2.12 bits per heavy atom. The monoisotopic (exact) mass is 472 g/mol. The van der Waals surface area contributed by atoms with Crippen molar-refractivity contribution < 1.29 is 33.4 Å². The minimum Gasteiger partial charge on any atom is -0.486 e. The number of hydrogen-bond acceptors (Lipinski definition) is 7. The molecule has 0 bridgehead atoms. The zero-order chi connectivity index (χ0) is 24.0. The van der Waals surface area contributed by atoms with Crippen molar-refractivity contribution in [3.05, 3.63) is 35.4 Å². The molecule has 4 rings (SSSR count). The highest BCUT2D eigenvalue weighted by atomic mass is 16.8. The summed E-state index contributed by atoms with van der Waals surface area (Å²) in [5, 5.41) is 0. The van der Waals surface area contributed by atoms with Gasteiger partial charge in [0.25, 0.3) is 5.91 Å². The molecule has 3 aliphatic heterocycles. The van der Waals surface area contributed by atoms with Crippen LogP contribution in [0.2, 0.25) is 0 Å². The van der Waals surface area contributed by atoms with Crippen LogP contribution in [-0.4, -0.2) is 60.9 Å². The van der Waals surface area contributed by atoms with Gasteiger partial charge in [-0.15, -0.1) is 0 Å². The van der Waals surface area contributed by atoms with Gasteiger partial charge >= 0.3 is 6.09 Å². The molecule has 34 heavy (non-hydrogen) atoms. The normalized spacial score (nSPS) is 24.9. The minimum atomic E-state index is -0.610. The fraction of sp³-hybridized carbons (Fsp3) is 0.560. The van der Waals surface area contributed by atoms with Crippen LogP contribution in [0.15, 0.2) is 24.3 Å². The number of hydrogen-bond donors (Lipinski definition) is 1. The van der Waals surface area contributed by atoms with Crippen LogP contribution >= 0.6 is 0 Å². The topological polar surface area (TPSA) is 103 Å². The molecular weight excluding hydrogens is 440 g/mol. The maximum Gasteiger partial charge on any atom is 0.409 e. The number of Topliss-reactive ketones (excluding diaryl/α,β-unsaturated/α-hetero) is 1. The summed E-state index contributed by atoms with van der Waals surface area (Å²) in [6.45, 7) is 3.83. The fourth-order valence-corrected chi connectivity index (χ4v) is 4.59. The number of carbonyl (C=O) groups is 3. The first-order valence-corrected chi connectivity index (χ1v) is 12.0. The highest BCUT2D eigenvalue weighted by Gasteiger charge is 2.42. The first-order chi connectivity index (χ1) is 16.5. The number of benzene rings is 1. The molecule has 2 amide bonds. The van der Waals surface area contributed by atoms with Crippen LogP contribution < -0.4 is 10.2 Å². The number of rotatable bonds is 5. The summed E-state index contributed by atoms with van der Waals surface area (Å²) >= 11 is 0. The number of amides is 2. The van der Waals surface area contributed by atoms with Gasteiger partial charge in [0.05, 0.1) is 18.6 Å². The second-order valence-corrected chi connectivity index (χ2v) is 8.89. The van der Waals surface area contributed by atoms with Gasteiger partial charge in [-0.1, -0.05) is 6.07 Å². The molecule has 1 aromatic carbocycles. The van der Waals surface area contributed by atoms with Crippen LogP contribution in [-0.2, 0) is 19.1 Å². The Morgan fingerprint density at radius 3 is 2.91 bits per heavy atom. The van der Waals surface area contributed by atoms with E-state index in [2.05, 4.69) is 5.48 Å². The van der Waals surface area contributed by atoms with E-state index in [1.807, 2.05) is 6.07 Å². The molecule has 3 heterocycles. The summed E-state index contributed by atoms with van der Waals surface area (Å²) in [4.78, 5) is 44.1. The standard InChI is InChI=1S/C25H32N2O7/c1-2-31-24(30)27-13-5-11-25(12-14-27)17-20(28)19-16-18(7-9-21(19)33-25)8-10-22(29)26-34-23-6-3-4-15-32-23/h7-10,16,23H,2-6,11-15,17H2,1H3,(H,26,29)/b10-8+. The Kier molecular flexibility index (Phi) is 7.84. The quantitative estimate of drug-likeness (QED) is 0.516. The smallest absolute Gasteiger partial charge is 0.409 e. The van der Waals surface area contributed by atoms with Crippen molar-refractivity contribution in [1.82, 2.24) is 10.4 Å². The summed E-state index contributed by atoms with van der Waals surface area (Å²) < 4.78 is 16.9. The number of likely N-dealkylation sites (tertiary alicyclic amines) is 1. The van der Waals surface area contributed by atoms with Crippen LogP contribution in [0.5, 0.6) is 5.75 Å². The fourth-order valence-electron chi connectivity index (χ4n) is 4.59. The van der Waals surface area contributed by atoms with Crippen LogP contribution in [0.4, 0.5) is 4.79 Å². The van der Waals surface area contributed by atoms with Crippen LogP contribution in [0.25, 0.3) is 6.08 Å². The zero-order valence-electron chi connectivity index (χ0n) is 19.5. The molecular formula is C25H32N2O7. The second kappa shape index (κ2) is 11.0. The highest BCUT2D eigenvalue weighted by molar-refractivity contribution is 6.01. The predicted molar refractivity (Wildman–Crippen MR) is 123 cm³/mol. The van der Waals surface area contributed by atoms with E-state index < -0.39 is 17.8 Å². The summed E-state index contributed by atoms with van der Waals surface area (Å²) in [6, 6.07) is 5.31. The van der Waals surface area contributed by atoms with Gasteiger partial charge < -0.3 is 19.1 Å². The van der Waals surface area contributed by atoms with Gasteiger partial charge in [-0.05, 0) is 56.4 Å². The average Bonchev–Trinajstić information content (AvgIpc) is 3.05. The number of ketones is 1. The molecule has 9 heteroatoms. The number of fused-ring (bicyclic) bond motifs is 1. The number of hydroxylamine groups is 1. The van der Waals surface area contributed by atoms with Crippen LogP contribution in [0, 0.1) is 0 Å². The van der Waals surface area contributed by atoms with Crippen molar-refractivity contribution in [1.29, 1.82) is 0 Å². The number of carbonyl (C=O) groups excluding carboxylic acids is 3. The SMILES string of the molecule is CCOC(=O)N1CCCC2(CC1)CC(=O)c1cc(/C=C/C(=O)NOC3CCCCO3)ccc1O2. The van der Waals surface area contributed by atoms with E-state index in [4.69, 9.17) is 19.0 Å². The third kappa shape index (κ3) is 5.95. The molecule has 184 valence electrons. The molecule has 0 aromatic heterocycles. The van der Waals surface area contributed by atoms with Gasteiger partial charge in [0, 0.05) is 38.6 Å². The Labute approximate surface area is 199 Å². The zero-order valence-corrected chi connectivity index (χ0v) is 19.5. The summed E-state index contributed by atoms with van der Waals surface area (Å²) in [7, 11) is 0. The molecule has 0 aliphatic carbocycles. The van der Waals surface area contributed by atoms with Gasteiger partial charge in [0.15, 0.2) is 12.1 Å². The Hall–Kier alpha value is -2.91. The van der Waals surface area contributed by atoms with Gasteiger partial charge in [-0.25, -0.2) is 15.1 Å². The van der Waals surface area contributed by atoms with Gasteiger partial charge in [0.1, 0.15) is 11.4 Å². The highest BCUT2D eigenvalue weighted by Crippen LogP contribution is 2.39.